The molecule has 0 atom stereocenters. The van der Waals surface area contributed by atoms with Crippen LogP contribution >= 0.6 is 0 Å². The van der Waals surface area contributed by atoms with Crippen molar-refractivity contribution >= 4 is 16.8 Å². The van der Waals surface area contributed by atoms with Gasteiger partial charge in [0.05, 0.1) is 17.2 Å². The van der Waals surface area contributed by atoms with Crippen molar-refractivity contribution in [1.82, 2.24) is 14.9 Å². The van der Waals surface area contributed by atoms with Crippen molar-refractivity contribution in [2.45, 2.75) is 26.4 Å². The summed E-state index contributed by atoms with van der Waals surface area (Å²) in [5.74, 6) is -0.0849. The number of nitrogens with zero attached hydrogens (tertiary/aromatic N) is 2. The fourth-order valence-corrected chi connectivity index (χ4v) is 2.58. The van der Waals surface area contributed by atoms with Gasteiger partial charge < -0.3 is 5.32 Å². The van der Waals surface area contributed by atoms with E-state index >= 15 is 0 Å². The Morgan fingerprint density at radius 3 is 2.71 bits per heavy atom. The molecule has 0 aliphatic carbocycles. The third-order valence-electron chi connectivity index (χ3n) is 4.05. The van der Waals surface area contributed by atoms with E-state index in [-0.39, 0.29) is 17.9 Å². The van der Waals surface area contributed by atoms with Gasteiger partial charge in [0.2, 0.25) is 5.91 Å². The van der Waals surface area contributed by atoms with E-state index in [1.54, 1.807) is 12.1 Å². The number of carbonyl (C=O) groups excluding carboxylic acids is 1. The Kier molecular flexibility index (Phi) is 4.70. The van der Waals surface area contributed by atoms with Crippen molar-refractivity contribution in [3.63, 3.8) is 0 Å². The van der Waals surface area contributed by atoms with Crippen molar-refractivity contribution < 1.29 is 4.79 Å². The summed E-state index contributed by atoms with van der Waals surface area (Å²) in [7, 11) is 0. The molecule has 0 aliphatic rings. The van der Waals surface area contributed by atoms with E-state index < -0.39 is 0 Å². The Labute approximate surface area is 140 Å². The van der Waals surface area contributed by atoms with E-state index in [1.807, 2.05) is 43.3 Å². The molecule has 2 aromatic carbocycles. The number of nitrogens with one attached hydrogen (secondary N) is 1. The molecule has 0 spiro atoms. The summed E-state index contributed by atoms with van der Waals surface area (Å²) in [6, 6.07) is 15.1. The number of aromatic nitrogens is 2. The van der Waals surface area contributed by atoms with E-state index in [0.717, 1.165) is 11.1 Å². The lowest BCUT2D eigenvalue weighted by Gasteiger charge is -2.09. The van der Waals surface area contributed by atoms with Crippen molar-refractivity contribution in [1.29, 1.82) is 0 Å². The number of rotatable bonds is 5. The highest BCUT2D eigenvalue weighted by Crippen LogP contribution is 2.07. The largest absolute Gasteiger partial charge is 0.352 e. The molecule has 3 aromatic rings. The first-order valence-corrected chi connectivity index (χ1v) is 7.90. The van der Waals surface area contributed by atoms with Crippen LogP contribution in [0, 0.1) is 6.92 Å². The molecule has 0 radical (unpaired) electrons. The van der Waals surface area contributed by atoms with E-state index in [4.69, 9.17) is 0 Å². The predicted octanol–water partition coefficient (Wildman–Crippen LogP) is 2.41. The number of benzene rings is 2. The Morgan fingerprint density at radius 1 is 1.12 bits per heavy atom. The van der Waals surface area contributed by atoms with Gasteiger partial charge in [-0.15, -0.1) is 0 Å². The lowest BCUT2D eigenvalue weighted by molar-refractivity contribution is -0.121. The summed E-state index contributed by atoms with van der Waals surface area (Å²) in [5, 5.41) is 3.46. The minimum Gasteiger partial charge on any atom is -0.352 e. The van der Waals surface area contributed by atoms with Gasteiger partial charge in [-0.1, -0.05) is 36.4 Å². The molecular formula is C19H19N3O2. The maximum atomic E-state index is 12.4. The Balaban J connectivity index is 1.61. The summed E-state index contributed by atoms with van der Waals surface area (Å²) in [6.07, 6.45) is 1.74. The molecule has 1 heterocycles. The Hall–Kier alpha value is -2.95. The normalized spacial score (nSPS) is 10.7. The zero-order valence-corrected chi connectivity index (χ0v) is 13.5. The van der Waals surface area contributed by atoms with Gasteiger partial charge in [-0.25, -0.2) is 4.98 Å². The summed E-state index contributed by atoms with van der Waals surface area (Å²) < 4.78 is 1.48. The molecule has 5 heteroatoms. The fraction of sp³-hybridized carbons (Fsp3) is 0.211. The first-order chi connectivity index (χ1) is 11.6. The fourth-order valence-electron chi connectivity index (χ4n) is 2.58. The molecule has 0 unspecified atom stereocenters. The maximum absolute atomic E-state index is 12.4. The average molecular weight is 321 g/mol. The second-order valence-corrected chi connectivity index (χ2v) is 5.71. The summed E-state index contributed by atoms with van der Waals surface area (Å²) in [5.41, 5.74) is 2.79. The van der Waals surface area contributed by atoms with Crippen LogP contribution in [0.15, 0.2) is 59.7 Å². The monoisotopic (exact) mass is 321 g/mol. The number of fused-ring (bicyclic) bond motifs is 1. The minimum atomic E-state index is -0.118. The molecule has 3 rings (SSSR count). The summed E-state index contributed by atoms with van der Waals surface area (Å²) in [4.78, 5) is 28.6. The smallest absolute Gasteiger partial charge is 0.261 e. The number of amides is 1. The van der Waals surface area contributed by atoms with E-state index in [9.17, 15) is 9.59 Å². The highest BCUT2D eigenvalue weighted by molar-refractivity contribution is 5.77. The van der Waals surface area contributed by atoms with Crippen molar-refractivity contribution in [3.8, 4) is 0 Å². The van der Waals surface area contributed by atoms with Crippen LogP contribution in [-0.2, 0) is 17.9 Å². The topological polar surface area (TPSA) is 64.0 Å². The highest BCUT2D eigenvalue weighted by Gasteiger charge is 2.07. The van der Waals surface area contributed by atoms with Crippen LogP contribution in [0.5, 0.6) is 0 Å². The lowest BCUT2D eigenvalue weighted by atomic mass is 10.1. The van der Waals surface area contributed by atoms with Crippen molar-refractivity contribution in [2.75, 3.05) is 0 Å². The van der Waals surface area contributed by atoms with Gasteiger partial charge >= 0.3 is 0 Å². The van der Waals surface area contributed by atoms with Crippen molar-refractivity contribution in [2.24, 2.45) is 0 Å². The van der Waals surface area contributed by atoms with Crippen LogP contribution in [0.1, 0.15) is 17.5 Å². The van der Waals surface area contributed by atoms with Crippen LogP contribution in [0.3, 0.4) is 0 Å². The van der Waals surface area contributed by atoms with E-state index in [2.05, 4.69) is 10.3 Å². The van der Waals surface area contributed by atoms with Crippen LogP contribution in [-0.4, -0.2) is 15.5 Å². The third-order valence-corrected chi connectivity index (χ3v) is 4.05. The van der Waals surface area contributed by atoms with Crippen LogP contribution in [0.4, 0.5) is 0 Å². The molecule has 24 heavy (non-hydrogen) atoms. The molecule has 0 saturated carbocycles. The zero-order chi connectivity index (χ0) is 16.9. The number of carbonyl (C=O) groups is 1. The van der Waals surface area contributed by atoms with Gasteiger partial charge in [0.25, 0.3) is 5.56 Å². The quantitative estimate of drug-likeness (QED) is 0.785. The number of aryl methyl sites for hydroxylation is 2. The number of hydrogen-bond donors (Lipinski definition) is 1. The van der Waals surface area contributed by atoms with E-state index in [1.165, 1.54) is 10.9 Å². The van der Waals surface area contributed by atoms with Gasteiger partial charge in [0.15, 0.2) is 0 Å². The number of hydrogen-bond acceptors (Lipinski definition) is 3. The lowest BCUT2D eigenvalue weighted by Crippen LogP contribution is -2.27. The standard InChI is InChI=1S/C19H19N3O2/c1-14-6-2-3-7-15(14)12-20-18(23)10-11-22-13-21-17-9-5-4-8-16(17)19(22)24/h2-9,13H,10-12H2,1H3,(H,20,23). The molecule has 0 bridgehead atoms. The molecule has 5 nitrogen and oxygen atoms in total. The van der Waals surface area contributed by atoms with Crippen LogP contribution in [0.2, 0.25) is 0 Å². The van der Waals surface area contributed by atoms with Crippen LogP contribution in [0.25, 0.3) is 10.9 Å². The molecule has 0 saturated heterocycles. The maximum Gasteiger partial charge on any atom is 0.261 e. The summed E-state index contributed by atoms with van der Waals surface area (Å²) >= 11 is 0. The number of para-hydroxylation sites is 1. The predicted molar refractivity (Wildman–Crippen MR) is 93.6 cm³/mol. The molecule has 1 N–H and O–H groups in total. The molecular weight excluding hydrogens is 302 g/mol. The second-order valence-electron chi connectivity index (χ2n) is 5.71. The molecule has 0 aliphatic heterocycles. The Bertz CT molecular complexity index is 931. The van der Waals surface area contributed by atoms with Gasteiger partial charge in [-0.05, 0) is 30.2 Å². The second kappa shape index (κ2) is 7.08. The summed E-state index contributed by atoms with van der Waals surface area (Å²) in [6.45, 7) is 2.83. The molecule has 122 valence electrons. The van der Waals surface area contributed by atoms with Crippen LogP contribution < -0.4 is 10.9 Å². The molecule has 0 fully saturated rings. The first-order valence-electron chi connectivity index (χ1n) is 7.90. The average Bonchev–Trinajstić information content (AvgIpc) is 2.61. The Morgan fingerprint density at radius 2 is 1.88 bits per heavy atom. The van der Waals surface area contributed by atoms with Gasteiger partial charge in [-0.3, -0.25) is 14.2 Å². The van der Waals surface area contributed by atoms with E-state index in [0.29, 0.717) is 24.0 Å². The molecule has 1 aromatic heterocycles. The highest BCUT2D eigenvalue weighted by atomic mass is 16.1. The zero-order valence-electron chi connectivity index (χ0n) is 13.5. The van der Waals surface area contributed by atoms with Gasteiger partial charge in [0, 0.05) is 19.5 Å². The first kappa shape index (κ1) is 15.9. The van der Waals surface area contributed by atoms with Gasteiger partial charge in [-0.2, -0.15) is 0 Å². The molecule has 1 amide bonds. The van der Waals surface area contributed by atoms with Crippen molar-refractivity contribution in [3.05, 3.63) is 76.3 Å². The van der Waals surface area contributed by atoms with Gasteiger partial charge in [0.1, 0.15) is 0 Å². The minimum absolute atomic E-state index is 0.0849. The SMILES string of the molecule is Cc1ccccc1CNC(=O)CCn1cnc2ccccc2c1=O. The third kappa shape index (κ3) is 3.51.